The van der Waals surface area contributed by atoms with Gasteiger partial charge in [-0.2, -0.15) is 0 Å². The smallest absolute Gasteiger partial charge is 0.230 e. The van der Waals surface area contributed by atoms with Crippen molar-refractivity contribution in [1.29, 1.82) is 0 Å². The van der Waals surface area contributed by atoms with Crippen molar-refractivity contribution in [1.82, 2.24) is 20.1 Å². The first-order chi connectivity index (χ1) is 13.8. The number of nitrogens with one attached hydrogen (secondary N) is 1. The molecule has 7 nitrogen and oxygen atoms in total. The summed E-state index contributed by atoms with van der Waals surface area (Å²) in [4.78, 5) is 14.7. The molecule has 1 saturated carbocycles. The maximum absolute atomic E-state index is 12.5. The summed E-state index contributed by atoms with van der Waals surface area (Å²) in [5.74, 6) is 2.20. The summed E-state index contributed by atoms with van der Waals surface area (Å²) in [6, 6.07) is 4.18. The van der Waals surface area contributed by atoms with Crippen molar-refractivity contribution in [2.24, 2.45) is 0 Å². The van der Waals surface area contributed by atoms with Gasteiger partial charge in [-0.1, -0.05) is 37.4 Å². The number of hydrogen-bond donors (Lipinski definition) is 1. The maximum Gasteiger partial charge on any atom is 0.230 e. The van der Waals surface area contributed by atoms with E-state index >= 15 is 0 Å². The normalized spacial score (nSPS) is 18.4. The molecule has 1 saturated heterocycles. The molecule has 3 heterocycles. The molecule has 0 radical (unpaired) electrons. The lowest BCUT2D eigenvalue weighted by Gasteiger charge is -2.18. The van der Waals surface area contributed by atoms with Crippen molar-refractivity contribution in [3.05, 3.63) is 24.2 Å². The van der Waals surface area contributed by atoms with E-state index < -0.39 is 0 Å². The van der Waals surface area contributed by atoms with Gasteiger partial charge in [0.25, 0.3) is 0 Å². The molecule has 1 amide bonds. The van der Waals surface area contributed by atoms with Gasteiger partial charge in [0.1, 0.15) is 5.76 Å². The second kappa shape index (κ2) is 9.49. The van der Waals surface area contributed by atoms with Gasteiger partial charge in [0.2, 0.25) is 11.9 Å². The van der Waals surface area contributed by atoms with Gasteiger partial charge in [-0.25, -0.2) is 0 Å². The number of rotatable bonds is 7. The van der Waals surface area contributed by atoms with Crippen LogP contribution in [0.4, 0.5) is 5.95 Å². The Morgan fingerprint density at radius 1 is 1.14 bits per heavy atom. The summed E-state index contributed by atoms with van der Waals surface area (Å²) in [5.41, 5.74) is 0. The first-order valence-corrected chi connectivity index (χ1v) is 11.4. The van der Waals surface area contributed by atoms with Crippen molar-refractivity contribution in [3.63, 3.8) is 0 Å². The van der Waals surface area contributed by atoms with Crippen LogP contribution in [0.3, 0.4) is 0 Å². The summed E-state index contributed by atoms with van der Waals surface area (Å²) in [6.45, 7) is 2.59. The van der Waals surface area contributed by atoms with Crippen LogP contribution in [0, 0.1) is 0 Å². The Morgan fingerprint density at radius 2 is 1.93 bits per heavy atom. The van der Waals surface area contributed by atoms with Gasteiger partial charge in [0, 0.05) is 19.1 Å². The molecular weight excluding hydrogens is 374 g/mol. The van der Waals surface area contributed by atoms with E-state index in [0.29, 0.717) is 18.3 Å². The molecule has 4 rings (SSSR count). The molecule has 2 aliphatic rings. The highest BCUT2D eigenvalue weighted by atomic mass is 32.2. The zero-order valence-corrected chi connectivity index (χ0v) is 17.1. The van der Waals surface area contributed by atoms with Crippen LogP contribution < -0.4 is 10.2 Å². The first kappa shape index (κ1) is 19.4. The Hall–Kier alpha value is -1.96. The molecule has 0 bridgehead atoms. The number of carbonyl (C=O) groups excluding carboxylic acids is 1. The summed E-state index contributed by atoms with van der Waals surface area (Å²) < 4.78 is 7.61. The largest absolute Gasteiger partial charge is 0.467 e. The Kier molecular flexibility index (Phi) is 6.57. The van der Waals surface area contributed by atoms with Crippen LogP contribution in [0.1, 0.15) is 57.1 Å². The van der Waals surface area contributed by atoms with E-state index in [-0.39, 0.29) is 5.91 Å². The summed E-state index contributed by atoms with van der Waals surface area (Å²) >= 11 is 1.46. The molecule has 152 valence electrons. The fourth-order valence-corrected chi connectivity index (χ4v) is 4.80. The minimum atomic E-state index is 0.0900. The third-order valence-electron chi connectivity index (χ3n) is 5.53. The van der Waals surface area contributed by atoms with E-state index in [0.717, 1.165) is 42.8 Å². The number of anilines is 1. The van der Waals surface area contributed by atoms with Gasteiger partial charge in [0.15, 0.2) is 5.16 Å². The molecule has 1 N–H and O–H groups in total. The first-order valence-electron chi connectivity index (χ1n) is 10.4. The van der Waals surface area contributed by atoms with E-state index in [1.807, 2.05) is 12.1 Å². The van der Waals surface area contributed by atoms with Crippen molar-refractivity contribution in [2.75, 3.05) is 23.7 Å². The topological polar surface area (TPSA) is 76.2 Å². The predicted molar refractivity (Wildman–Crippen MR) is 110 cm³/mol. The monoisotopic (exact) mass is 403 g/mol. The van der Waals surface area contributed by atoms with Gasteiger partial charge in [-0.05, 0) is 37.8 Å². The Morgan fingerprint density at radius 3 is 2.64 bits per heavy atom. The van der Waals surface area contributed by atoms with E-state index in [2.05, 4.69) is 25.0 Å². The fourth-order valence-electron chi connectivity index (χ4n) is 4.06. The number of furan rings is 1. The highest BCUT2D eigenvalue weighted by Gasteiger charge is 2.23. The minimum Gasteiger partial charge on any atom is -0.467 e. The molecule has 8 heteroatoms. The lowest BCUT2D eigenvalue weighted by Crippen LogP contribution is -2.35. The van der Waals surface area contributed by atoms with Gasteiger partial charge in [0.05, 0.1) is 18.6 Å². The number of carbonyl (C=O) groups is 1. The minimum absolute atomic E-state index is 0.0900. The average molecular weight is 404 g/mol. The number of thioether (sulfide) groups is 1. The van der Waals surface area contributed by atoms with E-state index in [4.69, 9.17) is 4.42 Å². The van der Waals surface area contributed by atoms with Gasteiger partial charge in [-0.15, -0.1) is 10.2 Å². The SMILES string of the molecule is O=C(CSc1nnc(N2CCCC2)n1Cc1ccco1)NC1CCCCCC1. The molecule has 2 aromatic rings. The number of aromatic nitrogens is 3. The van der Waals surface area contributed by atoms with Crippen LogP contribution >= 0.6 is 11.8 Å². The highest BCUT2D eigenvalue weighted by Crippen LogP contribution is 2.26. The highest BCUT2D eigenvalue weighted by molar-refractivity contribution is 7.99. The van der Waals surface area contributed by atoms with Crippen LogP contribution in [-0.2, 0) is 11.3 Å². The van der Waals surface area contributed by atoms with Crippen molar-refractivity contribution in [2.45, 2.75) is 69.1 Å². The zero-order valence-electron chi connectivity index (χ0n) is 16.3. The van der Waals surface area contributed by atoms with Gasteiger partial charge < -0.3 is 14.6 Å². The molecule has 0 atom stereocenters. The molecule has 1 aliphatic heterocycles. The van der Waals surface area contributed by atoms with E-state index in [1.165, 1.54) is 50.3 Å². The third kappa shape index (κ3) is 4.90. The summed E-state index contributed by atoms with van der Waals surface area (Å²) in [6.07, 6.45) is 11.3. The molecular formula is C20H29N5O2S. The quantitative estimate of drug-likeness (QED) is 0.564. The van der Waals surface area contributed by atoms with E-state index in [1.54, 1.807) is 6.26 Å². The molecule has 28 heavy (non-hydrogen) atoms. The number of hydrogen-bond acceptors (Lipinski definition) is 6. The zero-order chi connectivity index (χ0) is 19.2. The van der Waals surface area contributed by atoms with Crippen molar-refractivity contribution < 1.29 is 9.21 Å². The van der Waals surface area contributed by atoms with Crippen LogP contribution in [-0.4, -0.2) is 45.6 Å². The second-order valence-corrected chi connectivity index (χ2v) is 8.63. The third-order valence-corrected chi connectivity index (χ3v) is 6.50. The molecule has 2 aromatic heterocycles. The Bertz CT molecular complexity index is 747. The number of nitrogens with zero attached hydrogens (tertiary/aromatic N) is 4. The number of amides is 1. The second-order valence-electron chi connectivity index (χ2n) is 7.69. The van der Waals surface area contributed by atoms with Gasteiger partial charge in [-0.3, -0.25) is 9.36 Å². The molecule has 0 aromatic carbocycles. The van der Waals surface area contributed by atoms with E-state index in [9.17, 15) is 4.79 Å². The fraction of sp³-hybridized carbons (Fsp3) is 0.650. The van der Waals surface area contributed by atoms with Crippen LogP contribution in [0.2, 0.25) is 0 Å². The molecule has 1 aliphatic carbocycles. The van der Waals surface area contributed by atoms with Crippen LogP contribution in [0.5, 0.6) is 0 Å². The molecule has 0 spiro atoms. The van der Waals surface area contributed by atoms with Crippen LogP contribution in [0.15, 0.2) is 28.0 Å². The molecule has 0 unspecified atom stereocenters. The lowest BCUT2D eigenvalue weighted by atomic mass is 10.1. The maximum atomic E-state index is 12.5. The van der Waals surface area contributed by atoms with Crippen LogP contribution in [0.25, 0.3) is 0 Å². The van der Waals surface area contributed by atoms with Gasteiger partial charge >= 0.3 is 0 Å². The lowest BCUT2D eigenvalue weighted by molar-refractivity contribution is -0.119. The standard InChI is InChI=1S/C20H29N5O2S/c26-18(21-16-8-3-1-2-4-9-16)15-28-20-23-22-19(24-11-5-6-12-24)25(20)14-17-10-7-13-27-17/h7,10,13,16H,1-6,8-9,11-12,14-15H2,(H,21,26). The predicted octanol–water partition coefficient (Wildman–Crippen LogP) is 3.45. The average Bonchev–Trinajstić information content (AvgIpc) is 3.42. The summed E-state index contributed by atoms with van der Waals surface area (Å²) in [5, 5.41) is 12.8. The molecule has 2 fully saturated rings. The summed E-state index contributed by atoms with van der Waals surface area (Å²) in [7, 11) is 0. The Balaban J connectivity index is 1.40. The van der Waals surface area contributed by atoms with Crippen molar-refractivity contribution in [3.8, 4) is 0 Å². The Labute approximate surface area is 170 Å². The van der Waals surface area contributed by atoms with Crippen molar-refractivity contribution >= 4 is 23.6 Å².